The van der Waals surface area contributed by atoms with Crippen molar-refractivity contribution in [3.05, 3.63) is 17.2 Å². The molecule has 0 unspecified atom stereocenters. The molecule has 0 bridgehead atoms. The normalized spacial score (nSPS) is 11.5. The number of rotatable bonds is 1. The molecule has 0 fully saturated rings. The van der Waals surface area contributed by atoms with E-state index in [9.17, 15) is 0 Å². The number of hydrogen-bond donors (Lipinski definition) is 1. The van der Waals surface area contributed by atoms with Crippen LogP contribution in [0.3, 0.4) is 0 Å². The van der Waals surface area contributed by atoms with Gasteiger partial charge in [-0.25, -0.2) is 4.98 Å². The lowest BCUT2D eigenvalue weighted by molar-refractivity contribution is 0.483. The highest BCUT2D eigenvalue weighted by Gasteiger charge is 2.10. The summed E-state index contributed by atoms with van der Waals surface area (Å²) in [5.74, 6) is 0. The molecule has 1 rings (SSSR count). The maximum Gasteiger partial charge on any atom is 0.197 e. The smallest absolute Gasteiger partial charge is 0.197 e. The van der Waals surface area contributed by atoms with Crippen LogP contribution in [0.1, 0.15) is 0 Å². The van der Waals surface area contributed by atoms with E-state index in [1.807, 2.05) is 6.20 Å². The highest BCUT2D eigenvalue weighted by Crippen LogP contribution is 2.11. The number of nitrogens with zero attached hydrogens (tertiary/aromatic N) is 2. The third kappa shape index (κ3) is 2.10. The number of hydrogen-bond acceptors (Lipinski definition) is 2. The summed E-state index contributed by atoms with van der Waals surface area (Å²) in [7, 11) is 6.23. The number of H-pyrrole nitrogens is 1. The molecule has 0 amide bonds. The van der Waals surface area contributed by atoms with E-state index in [0.29, 0.717) is 4.77 Å². The van der Waals surface area contributed by atoms with Crippen LogP contribution in [0.2, 0.25) is 0 Å². The van der Waals surface area contributed by atoms with Crippen LogP contribution < -0.4 is 4.48 Å². The van der Waals surface area contributed by atoms with Crippen LogP contribution in [0.5, 0.6) is 0 Å². The van der Waals surface area contributed by atoms with Gasteiger partial charge in [-0.15, -0.1) is 0 Å². The molecule has 60 valence electrons. The molecular weight excluding hydrogens is 158 g/mol. The molecule has 1 heterocycles. The lowest BCUT2D eigenvalue weighted by Gasteiger charge is -2.22. The minimum Gasteiger partial charge on any atom is -0.332 e. The summed E-state index contributed by atoms with van der Waals surface area (Å²) in [6, 6.07) is 0. The molecule has 0 saturated carbocycles. The van der Waals surface area contributed by atoms with E-state index < -0.39 is 0 Å². The van der Waals surface area contributed by atoms with Gasteiger partial charge < -0.3 is 4.98 Å². The summed E-state index contributed by atoms with van der Waals surface area (Å²) in [6.45, 7) is 0. The second-order valence-electron chi connectivity index (χ2n) is 3.29. The zero-order chi connectivity index (χ0) is 8.48. The van der Waals surface area contributed by atoms with Gasteiger partial charge in [-0.3, -0.25) is 4.48 Å². The van der Waals surface area contributed by atoms with E-state index in [0.717, 1.165) is 10.2 Å². The summed E-state index contributed by atoms with van der Waals surface area (Å²) in [5.41, 5.74) is 1.11. The number of aromatic nitrogens is 2. The molecular formula is C7H12N3S+. The minimum atomic E-state index is 0.530. The van der Waals surface area contributed by atoms with Crippen LogP contribution in [0, 0.1) is 4.77 Å². The van der Waals surface area contributed by atoms with Crippen molar-refractivity contribution in [3.8, 4) is 0 Å². The first-order valence-corrected chi connectivity index (χ1v) is 3.78. The fraction of sp³-hybridized carbons (Fsp3) is 0.429. The van der Waals surface area contributed by atoms with Crippen molar-refractivity contribution in [1.82, 2.24) is 14.5 Å². The fourth-order valence-corrected chi connectivity index (χ4v) is 0.813. The molecule has 0 radical (unpaired) electrons. The number of aromatic amines is 1. The summed E-state index contributed by atoms with van der Waals surface area (Å²) >= 11 is 4.82. The summed E-state index contributed by atoms with van der Waals surface area (Å²) < 4.78 is 1.28. The fourth-order valence-electron chi connectivity index (χ4n) is 0.702. The largest absolute Gasteiger partial charge is 0.332 e. The summed E-state index contributed by atoms with van der Waals surface area (Å²) in [4.78, 5) is 6.88. The third-order valence-electron chi connectivity index (χ3n) is 1.43. The molecule has 0 aliphatic rings. The van der Waals surface area contributed by atoms with Gasteiger partial charge in [-0.05, 0) is 12.2 Å². The van der Waals surface area contributed by atoms with Gasteiger partial charge in [0.05, 0.1) is 33.5 Å². The first-order valence-electron chi connectivity index (χ1n) is 3.37. The van der Waals surface area contributed by atoms with Gasteiger partial charge in [0.1, 0.15) is 0 Å². The molecule has 1 aromatic rings. The van der Waals surface area contributed by atoms with Crippen LogP contribution in [-0.4, -0.2) is 31.1 Å². The second kappa shape index (κ2) is 2.71. The predicted molar refractivity (Wildman–Crippen MR) is 49.0 cm³/mol. The van der Waals surface area contributed by atoms with Gasteiger partial charge in [0.2, 0.25) is 0 Å². The standard InChI is InChI=1S/C7H11N3S/c1-10(2,3)6-4-8-7(11)9-5-6/h4-5H,1-3H3/p+1. The van der Waals surface area contributed by atoms with Gasteiger partial charge in [0.25, 0.3) is 0 Å². The highest BCUT2D eigenvalue weighted by molar-refractivity contribution is 7.71. The predicted octanol–water partition coefficient (Wildman–Crippen LogP) is 1.34. The zero-order valence-electron chi connectivity index (χ0n) is 6.96. The van der Waals surface area contributed by atoms with Crippen molar-refractivity contribution >= 4 is 17.9 Å². The summed E-state index contributed by atoms with van der Waals surface area (Å²) in [5, 5.41) is 0. The quantitative estimate of drug-likeness (QED) is 0.509. The van der Waals surface area contributed by atoms with E-state index >= 15 is 0 Å². The van der Waals surface area contributed by atoms with Crippen LogP contribution >= 0.6 is 12.2 Å². The maximum absolute atomic E-state index is 4.82. The Morgan fingerprint density at radius 1 is 1.45 bits per heavy atom. The average molecular weight is 170 g/mol. The molecule has 0 aromatic carbocycles. The van der Waals surface area contributed by atoms with Crippen molar-refractivity contribution in [2.24, 2.45) is 0 Å². The third-order valence-corrected chi connectivity index (χ3v) is 1.66. The van der Waals surface area contributed by atoms with E-state index in [4.69, 9.17) is 12.2 Å². The Kier molecular flexibility index (Phi) is 2.06. The monoisotopic (exact) mass is 170 g/mol. The van der Waals surface area contributed by atoms with Crippen LogP contribution in [0.15, 0.2) is 12.4 Å². The average Bonchev–Trinajstić information content (AvgIpc) is 1.86. The molecule has 11 heavy (non-hydrogen) atoms. The zero-order valence-corrected chi connectivity index (χ0v) is 7.77. The number of nitrogens with one attached hydrogen (secondary N) is 1. The van der Waals surface area contributed by atoms with Crippen molar-refractivity contribution in [1.29, 1.82) is 0 Å². The molecule has 0 aliphatic carbocycles. The summed E-state index contributed by atoms with van der Waals surface area (Å²) in [6.07, 6.45) is 3.67. The van der Waals surface area contributed by atoms with Crippen molar-refractivity contribution in [2.75, 3.05) is 21.1 Å². The lowest BCUT2D eigenvalue weighted by Crippen LogP contribution is -2.34. The maximum atomic E-state index is 4.82. The Balaban J connectivity index is 3.09. The van der Waals surface area contributed by atoms with Crippen LogP contribution in [0.4, 0.5) is 5.69 Å². The van der Waals surface area contributed by atoms with Crippen molar-refractivity contribution in [2.45, 2.75) is 0 Å². The Morgan fingerprint density at radius 2 is 2.09 bits per heavy atom. The first kappa shape index (κ1) is 8.36. The molecule has 3 nitrogen and oxygen atoms in total. The Labute approximate surface area is 71.3 Å². The lowest BCUT2D eigenvalue weighted by atomic mass is 10.4. The highest BCUT2D eigenvalue weighted by atomic mass is 32.1. The molecule has 0 spiro atoms. The van der Waals surface area contributed by atoms with Gasteiger partial charge in [-0.1, -0.05) is 0 Å². The van der Waals surface area contributed by atoms with Gasteiger partial charge in [0.15, 0.2) is 10.5 Å². The van der Waals surface area contributed by atoms with Gasteiger partial charge in [0, 0.05) is 0 Å². The SMILES string of the molecule is C[N+](C)(C)c1cnc(=S)[nH]c1. The number of quaternary nitrogens is 1. The van der Waals surface area contributed by atoms with Crippen molar-refractivity contribution in [3.63, 3.8) is 0 Å². The second-order valence-corrected chi connectivity index (χ2v) is 3.68. The molecule has 4 heteroatoms. The Hall–Kier alpha value is -0.740. The van der Waals surface area contributed by atoms with Crippen molar-refractivity contribution < 1.29 is 0 Å². The molecule has 1 N–H and O–H groups in total. The van der Waals surface area contributed by atoms with E-state index in [1.165, 1.54) is 0 Å². The van der Waals surface area contributed by atoms with E-state index in [1.54, 1.807) is 6.20 Å². The van der Waals surface area contributed by atoms with Gasteiger partial charge in [-0.2, -0.15) is 0 Å². The van der Waals surface area contributed by atoms with Crippen LogP contribution in [0.25, 0.3) is 0 Å². The Bertz CT molecular complexity index is 277. The molecule has 1 aromatic heterocycles. The van der Waals surface area contributed by atoms with Crippen LogP contribution in [-0.2, 0) is 0 Å². The van der Waals surface area contributed by atoms with E-state index in [2.05, 4.69) is 31.1 Å². The first-order chi connectivity index (χ1) is 5.00. The molecule has 0 saturated heterocycles. The van der Waals surface area contributed by atoms with Gasteiger partial charge >= 0.3 is 0 Å². The topological polar surface area (TPSA) is 28.7 Å². The molecule has 0 aliphatic heterocycles. The molecule has 0 atom stereocenters. The Morgan fingerprint density at radius 3 is 2.45 bits per heavy atom. The minimum absolute atomic E-state index is 0.530. The van der Waals surface area contributed by atoms with E-state index in [-0.39, 0.29) is 0 Å².